The van der Waals surface area contributed by atoms with Crippen molar-refractivity contribution in [2.75, 3.05) is 12.5 Å². The average molecular weight is 568 g/mol. The maximum Gasteiger partial charge on any atom is 2.00 e. The van der Waals surface area contributed by atoms with Crippen LogP contribution in [0.4, 0.5) is 0 Å². The Balaban J connectivity index is -0.000000000404. The molecule has 0 aromatic carbocycles. The Kier molecular flexibility index (Phi) is 2270. The average Bonchev–Trinajstić information content (AvgIpc) is 1.50. The first-order valence-corrected chi connectivity index (χ1v) is 2.45. The second kappa shape index (κ2) is 238. The number of rotatable bonds is 0. The molecule has 0 aromatic rings. The SMILES string of the molecule is C[S-].C[S-].[CH3-].[CH3-].[Cu+2].[Cu].[SH-].[SH-].[SH-].[SH-].[W+2]. The number of hydrogen-bond donors (Lipinski definition) is 0. The van der Waals surface area contributed by atoms with Crippen LogP contribution in [0.2, 0.25) is 0 Å². The standard InChI is InChI=1S/2CH4S.2CH3.2Cu.4H2S.W/c2*1-2;;;;;;;;;/h2*2H,1H3;2*1H3;;;4*1H2;/q;;2*-1;;+2;;;;;+2/p-6. The summed E-state index contributed by atoms with van der Waals surface area (Å²) in [5.74, 6) is 0. The molecule has 0 aromatic heterocycles. The molecule has 0 atom stereocenters. The van der Waals surface area contributed by atoms with E-state index in [0.717, 1.165) is 0 Å². The van der Waals surface area contributed by atoms with Gasteiger partial charge in [-0.05, 0) is 0 Å². The van der Waals surface area contributed by atoms with Gasteiger partial charge in [-0.3, -0.25) is 0 Å². The van der Waals surface area contributed by atoms with E-state index in [9.17, 15) is 0 Å². The predicted octanol–water partition coefficient (Wildman–Crippen LogP) is 0.139. The number of hydrogen-bond acceptors (Lipinski definition) is 6. The van der Waals surface area contributed by atoms with Crippen LogP contribution in [0.3, 0.4) is 0 Å². The quantitative estimate of drug-likeness (QED) is 0.176. The van der Waals surface area contributed by atoms with E-state index in [4.69, 9.17) is 0 Å². The fourth-order valence-corrected chi connectivity index (χ4v) is 0. The molecule has 0 aliphatic rings. The molecule has 2 radical (unpaired) electrons. The zero-order valence-electron chi connectivity index (χ0n) is 7.62. The monoisotopic (exact) mass is 566 g/mol. The summed E-state index contributed by atoms with van der Waals surface area (Å²) < 4.78 is 0. The van der Waals surface area contributed by atoms with E-state index >= 15 is 0 Å². The van der Waals surface area contributed by atoms with E-state index in [1.165, 1.54) is 0 Å². The van der Waals surface area contributed by atoms with Gasteiger partial charge in [0.05, 0.1) is 0 Å². The summed E-state index contributed by atoms with van der Waals surface area (Å²) in [6, 6.07) is 0. The first kappa shape index (κ1) is 124. The number of thiol groups is 4. The molecule has 9 heteroatoms. The van der Waals surface area contributed by atoms with Crippen LogP contribution in [0.5, 0.6) is 0 Å². The molecule has 0 rings (SSSR count). The second-order valence-electron chi connectivity index (χ2n) is 0. The van der Waals surface area contributed by atoms with Crippen LogP contribution < -0.4 is 0 Å². The van der Waals surface area contributed by atoms with Crippen molar-refractivity contribution >= 4 is 79.2 Å². The van der Waals surface area contributed by atoms with E-state index in [2.05, 4.69) is 25.3 Å². The Labute approximate surface area is 160 Å². The molecule has 0 heterocycles. The molecule has 0 fully saturated rings. The van der Waals surface area contributed by atoms with Gasteiger partial charge in [-0.2, -0.15) is 12.5 Å². The van der Waals surface area contributed by atoms with Crippen LogP contribution in [0, 0.1) is 14.9 Å². The maximum absolute atomic E-state index is 4.08. The molecular formula is C4H16Cu2S6W-4. The molecule has 100 valence electrons. The Hall–Kier alpha value is 3.83. The summed E-state index contributed by atoms with van der Waals surface area (Å²) in [7, 11) is 0. The smallest absolute Gasteiger partial charge is 0.813 e. The van der Waals surface area contributed by atoms with E-state index < -0.39 is 0 Å². The molecule has 0 nitrogen and oxygen atoms in total. The van der Waals surface area contributed by atoms with Crippen molar-refractivity contribution in [3.63, 3.8) is 0 Å². The van der Waals surface area contributed by atoms with Gasteiger partial charge in [0.2, 0.25) is 0 Å². The molecule has 0 saturated carbocycles. The largest absolute Gasteiger partial charge is 2.00 e. The van der Waals surface area contributed by atoms with Crippen molar-refractivity contribution < 1.29 is 55.2 Å². The summed E-state index contributed by atoms with van der Waals surface area (Å²) in [5, 5.41) is 0. The van der Waals surface area contributed by atoms with Gasteiger partial charge in [-0.15, -0.1) is 0 Å². The molecule has 0 aliphatic heterocycles. The van der Waals surface area contributed by atoms with Crippen LogP contribution in [0.1, 0.15) is 0 Å². The Morgan fingerprint density at radius 2 is 0.615 bits per heavy atom. The fourth-order valence-electron chi connectivity index (χ4n) is 0. The minimum Gasteiger partial charge on any atom is -0.813 e. The van der Waals surface area contributed by atoms with Crippen LogP contribution in [0.25, 0.3) is 0 Å². The summed E-state index contributed by atoms with van der Waals surface area (Å²) >= 11 is 8.17. The second-order valence-corrected chi connectivity index (χ2v) is 0. The summed E-state index contributed by atoms with van der Waals surface area (Å²) in [6.45, 7) is 0. The van der Waals surface area contributed by atoms with E-state index in [1.807, 2.05) is 0 Å². The van der Waals surface area contributed by atoms with Crippen LogP contribution in [0.15, 0.2) is 0 Å². The van der Waals surface area contributed by atoms with E-state index in [-0.39, 0.29) is 124 Å². The van der Waals surface area contributed by atoms with E-state index in [0.29, 0.717) is 0 Å². The zero-order chi connectivity index (χ0) is 4.00. The minimum absolute atomic E-state index is 0. The van der Waals surface area contributed by atoms with Gasteiger partial charge in [0.15, 0.2) is 0 Å². The van der Waals surface area contributed by atoms with Gasteiger partial charge in [-0.1, -0.05) is 0 Å². The Morgan fingerprint density at radius 1 is 0.615 bits per heavy atom. The molecular weight excluding hydrogens is 551 g/mol. The van der Waals surface area contributed by atoms with Crippen molar-refractivity contribution in [3.05, 3.63) is 14.9 Å². The van der Waals surface area contributed by atoms with Crippen molar-refractivity contribution in [1.29, 1.82) is 0 Å². The van der Waals surface area contributed by atoms with Crippen molar-refractivity contribution in [2.24, 2.45) is 0 Å². The summed E-state index contributed by atoms with van der Waals surface area (Å²) in [5.41, 5.74) is 0. The summed E-state index contributed by atoms with van der Waals surface area (Å²) in [4.78, 5) is 0. The molecule has 0 spiro atoms. The molecule has 0 amide bonds. The van der Waals surface area contributed by atoms with E-state index in [1.54, 1.807) is 12.5 Å². The maximum atomic E-state index is 4.08. The van der Waals surface area contributed by atoms with Gasteiger partial charge >= 0.3 is 38.1 Å². The van der Waals surface area contributed by atoms with Gasteiger partial charge in [0.1, 0.15) is 0 Å². The molecule has 13 heavy (non-hydrogen) atoms. The van der Waals surface area contributed by atoms with Crippen molar-refractivity contribution in [1.82, 2.24) is 0 Å². The molecule has 0 unspecified atom stereocenters. The van der Waals surface area contributed by atoms with Crippen LogP contribution in [-0.4, -0.2) is 12.5 Å². The van der Waals surface area contributed by atoms with Crippen molar-refractivity contribution in [2.45, 2.75) is 0 Å². The third kappa shape index (κ3) is 207. The van der Waals surface area contributed by atoms with Gasteiger partial charge in [0, 0.05) is 17.1 Å². The van der Waals surface area contributed by atoms with Gasteiger partial charge in [-0.25, -0.2) is 0 Å². The van der Waals surface area contributed by atoms with Gasteiger partial charge in [0.25, 0.3) is 0 Å². The van der Waals surface area contributed by atoms with Crippen molar-refractivity contribution in [3.8, 4) is 0 Å². The molecule has 0 aliphatic carbocycles. The minimum atomic E-state index is 0. The van der Waals surface area contributed by atoms with Crippen LogP contribution in [-0.2, 0) is 134 Å². The zero-order valence-corrected chi connectivity index (χ0v) is 17.6. The molecule has 0 saturated heterocycles. The molecule has 0 bridgehead atoms. The Bertz CT molecular complexity index is 22.6. The Morgan fingerprint density at radius 3 is 0.615 bits per heavy atom. The van der Waals surface area contributed by atoms with Gasteiger partial charge < -0.3 is 94.1 Å². The topological polar surface area (TPSA) is 0 Å². The first-order valence-electron chi connectivity index (χ1n) is 0.816. The third-order valence-corrected chi connectivity index (χ3v) is 0. The molecule has 0 N–H and O–H groups in total. The normalized spacial score (nSPS) is 0.923. The van der Waals surface area contributed by atoms with Crippen LogP contribution >= 0.6 is 0 Å². The first-order chi connectivity index (χ1) is 2.00. The third-order valence-electron chi connectivity index (χ3n) is 0. The fraction of sp³-hybridized carbons (Fsp3) is 0.500. The predicted molar refractivity (Wildman–Crippen MR) is 74.4 cm³/mol. The summed E-state index contributed by atoms with van der Waals surface area (Å²) in [6.07, 6.45) is 3.17.